The lowest BCUT2D eigenvalue weighted by Gasteiger charge is -2.17. The van der Waals surface area contributed by atoms with E-state index in [9.17, 15) is 0 Å². The fourth-order valence-electron chi connectivity index (χ4n) is 2.22. The summed E-state index contributed by atoms with van der Waals surface area (Å²) in [5.41, 5.74) is 1.08. The fourth-order valence-corrected chi connectivity index (χ4v) is 3.67. The molecule has 0 aliphatic rings. The monoisotopic (exact) mass is 370 g/mol. The molecule has 0 radical (unpaired) electrons. The normalized spacial score (nSPS) is 12.8. The third kappa shape index (κ3) is 4.83. The van der Waals surface area contributed by atoms with E-state index in [0.29, 0.717) is 6.04 Å². The Morgan fingerprint density at radius 2 is 2.19 bits per heavy atom. The summed E-state index contributed by atoms with van der Waals surface area (Å²) in [5.74, 6) is 0. The maximum Gasteiger partial charge on any atom is 0.0731 e. The first kappa shape index (κ1) is 16.5. The van der Waals surface area contributed by atoms with Crippen molar-refractivity contribution < 1.29 is 0 Å². The van der Waals surface area contributed by atoms with Crippen molar-refractivity contribution >= 4 is 33.0 Å². The van der Waals surface area contributed by atoms with Gasteiger partial charge in [-0.1, -0.05) is 13.8 Å². The Balaban J connectivity index is 1.88. The number of rotatable bonds is 8. The molecule has 0 saturated heterocycles. The molecule has 0 bridgehead atoms. The predicted molar refractivity (Wildman–Crippen MR) is 94.1 cm³/mol. The van der Waals surface area contributed by atoms with Gasteiger partial charge in [0.15, 0.2) is 0 Å². The second-order valence-corrected chi connectivity index (χ2v) is 6.91. The molecule has 1 N–H and O–H groups in total. The Hall–Kier alpha value is -0.850. The summed E-state index contributed by atoms with van der Waals surface area (Å²) in [6.07, 6.45) is 3.99. The summed E-state index contributed by atoms with van der Waals surface area (Å²) in [7, 11) is 0. The minimum atomic E-state index is 0.293. The standard InChI is InChI=1S/C15H23BrN4S/c1-4-19(5-2)6-7-20-10-14(9-17-20)18-12(3)15-8-13(16)11-21-15/h8-12,18H,4-7H2,1-3H3. The lowest BCUT2D eigenvalue weighted by atomic mass is 10.2. The summed E-state index contributed by atoms with van der Waals surface area (Å²) in [5, 5.41) is 10.0. The van der Waals surface area contributed by atoms with Crippen LogP contribution in [0.25, 0.3) is 0 Å². The Morgan fingerprint density at radius 1 is 1.43 bits per heavy atom. The van der Waals surface area contributed by atoms with Crippen LogP contribution in [0, 0.1) is 0 Å². The van der Waals surface area contributed by atoms with Gasteiger partial charge in [0.25, 0.3) is 0 Å². The molecular weight excluding hydrogens is 348 g/mol. The lowest BCUT2D eigenvalue weighted by Crippen LogP contribution is -2.27. The summed E-state index contributed by atoms with van der Waals surface area (Å²) < 4.78 is 3.16. The maximum absolute atomic E-state index is 4.43. The summed E-state index contributed by atoms with van der Waals surface area (Å²) in [6.45, 7) is 10.7. The van der Waals surface area contributed by atoms with Crippen LogP contribution in [-0.2, 0) is 6.54 Å². The van der Waals surface area contributed by atoms with Crippen LogP contribution in [0.4, 0.5) is 5.69 Å². The summed E-state index contributed by atoms with van der Waals surface area (Å²) in [6, 6.07) is 2.45. The molecular formula is C15H23BrN4S. The van der Waals surface area contributed by atoms with Crippen molar-refractivity contribution in [1.82, 2.24) is 14.7 Å². The van der Waals surface area contributed by atoms with Gasteiger partial charge in [-0.25, -0.2) is 0 Å². The molecule has 2 rings (SSSR count). The zero-order valence-corrected chi connectivity index (χ0v) is 15.2. The van der Waals surface area contributed by atoms with E-state index in [1.165, 1.54) is 4.88 Å². The Morgan fingerprint density at radius 3 is 2.81 bits per heavy atom. The number of nitrogens with zero attached hydrogens (tertiary/aromatic N) is 3. The van der Waals surface area contributed by atoms with Crippen LogP contribution in [0.15, 0.2) is 28.3 Å². The van der Waals surface area contributed by atoms with Gasteiger partial charge in [0.1, 0.15) is 0 Å². The van der Waals surface area contributed by atoms with Crippen molar-refractivity contribution in [2.24, 2.45) is 0 Å². The van der Waals surface area contributed by atoms with Crippen LogP contribution >= 0.6 is 27.3 Å². The zero-order chi connectivity index (χ0) is 15.2. The Bertz CT molecular complexity index is 547. The van der Waals surface area contributed by atoms with Crippen LogP contribution in [0.2, 0.25) is 0 Å². The molecule has 1 atom stereocenters. The topological polar surface area (TPSA) is 33.1 Å². The van der Waals surface area contributed by atoms with Crippen molar-refractivity contribution in [2.45, 2.75) is 33.4 Å². The van der Waals surface area contributed by atoms with E-state index in [4.69, 9.17) is 0 Å². The number of hydrogen-bond acceptors (Lipinski definition) is 4. The average Bonchev–Trinajstić information content (AvgIpc) is 3.09. The van der Waals surface area contributed by atoms with Gasteiger partial charge in [0, 0.05) is 27.5 Å². The largest absolute Gasteiger partial charge is 0.375 e. The average molecular weight is 371 g/mol. The molecule has 0 aromatic carbocycles. The first-order chi connectivity index (χ1) is 10.1. The molecule has 2 aromatic heterocycles. The van der Waals surface area contributed by atoms with E-state index < -0.39 is 0 Å². The summed E-state index contributed by atoms with van der Waals surface area (Å²) in [4.78, 5) is 3.72. The molecule has 0 spiro atoms. The molecule has 21 heavy (non-hydrogen) atoms. The van der Waals surface area contributed by atoms with E-state index >= 15 is 0 Å². The van der Waals surface area contributed by atoms with E-state index in [1.807, 2.05) is 10.9 Å². The third-order valence-corrected chi connectivity index (χ3v) is 5.45. The van der Waals surface area contributed by atoms with E-state index in [1.54, 1.807) is 11.3 Å². The minimum Gasteiger partial charge on any atom is -0.375 e. The highest BCUT2D eigenvalue weighted by molar-refractivity contribution is 9.10. The van der Waals surface area contributed by atoms with Crippen molar-refractivity contribution in [3.05, 3.63) is 33.2 Å². The van der Waals surface area contributed by atoms with Gasteiger partial charge in [0.2, 0.25) is 0 Å². The van der Waals surface area contributed by atoms with Gasteiger partial charge < -0.3 is 10.2 Å². The van der Waals surface area contributed by atoms with Gasteiger partial charge >= 0.3 is 0 Å². The first-order valence-corrected chi connectivity index (χ1v) is 9.05. The first-order valence-electron chi connectivity index (χ1n) is 7.37. The highest BCUT2D eigenvalue weighted by Crippen LogP contribution is 2.27. The number of halogens is 1. The number of thiophene rings is 1. The second kappa shape index (κ2) is 7.96. The molecule has 4 nitrogen and oxygen atoms in total. The summed E-state index contributed by atoms with van der Waals surface area (Å²) >= 11 is 5.26. The maximum atomic E-state index is 4.43. The van der Waals surface area contributed by atoms with Crippen LogP contribution in [0.1, 0.15) is 31.7 Å². The molecule has 0 saturated carbocycles. The van der Waals surface area contributed by atoms with Crippen LogP contribution in [0.5, 0.6) is 0 Å². The molecule has 2 heterocycles. The molecule has 0 aliphatic heterocycles. The molecule has 0 amide bonds. The SMILES string of the molecule is CCN(CC)CCn1cc(NC(C)c2cc(Br)cs2)cn1. The highest BCUT2D eigenvalue weighted by Gasteiger charge is 2.09. The van der Waals surface area contributed by atoms with Crippen molar-refractivity contribution in [3.63, 3.8) is 0 Å². The lowest BCUT2D eigenvalue weighted by molar-refractivity contribution is 0.285. The van der Waals surface area contributed by atoms with Crippen LogP contribution in [0.3, 0.4) is 0 Å². The van der Waals surface area contributed by atoms with Gasteiger partial charge in [-0.05, 0) is 42.0 Å². The number of nitrogens with one attached hydrogen (secondary N) is 1. The highest BCUT2D eigenvalue weighted by atomic mass is 79.9. The van der Waals surface area contributed by atoms with Crippen molar-refractivity contribution in [1.29, 1.82) is 0 Å². The molecule has 0 aliphatic carbocycles. The predicted octanol–water partition coefficient (Wildman–Crippen LogP) is 4.22. The smallest absolute Gasteiger partial charge is 0.0731 e. The number of anilines is 1. The molecule has 1 unspecified atom stereocenters. The van der Waals surface area contributed by atoms with Crippen LogP contribution in [-0.4, -0.2) is 34.3 Å². The Kier molecular flexibility index (Phi) is 6.26. The van der Waals surface area contributed by atoms with E-state index in [2.05, 4.69) is 69.7 Å². The number of hydrogen-bond donors (Lipinski definition) is 1. The van der Waals surface area contributed by atoms with E-state index in [0.717, 1.165) is 36.3 Å². The minimum absolute atomic E-state index is 0.293. The van der Waals surface area contributed by atoms with Crippen LogP contribution < -0.4 is 5.32 Å². The van der Waals surface area contributed by atoms with Gasteiger partial charge in [0.05, 0.1) is 24.5 Å². The second-order valence-electron chi connectivity index (χ2n) is 5.05. The number of aromatic nitrogens is 2. The molecule has 116 valence electrons. The number of likely N-dealkylation sites (N-methyl/N-ethyl adjacent to an activating group) is 1. The van der Waals surface area contributed by atoms with Gasteiger partial charge in [-0.2, -0.15) is 5.10 Å². The van der Waals surface area contributed by atoms with Crippen molar-refractivity contribution in [3.8, 4) is 0 Å². The molecule has 2 aromatic rings. The quantitative estimate of drug-likeness (QED) is 0.754. The zero-order valence-electron chi connectivity index (χ0n) is 12.8. The molecule has 6 heteroatoms. The Labute approximate surface area is 139 Å². The van der Waals surface area contributed by atoms with E-state index in [-0.39, 0.29) is 0 Å². The molecule has 0 fully saturated rings. The van der Waals surface area contributed by atoms with Gasteiger partial charge in [-0.3, -0.25) is 4.68 Å². The van der Waals surface area contributed by atoms with Gasteiger partial charge in [-0.15, -0.1) is 11.3 Å². The fraction of sp³-hybridized carbons (Fsp3) is 0.533. The third-order valence-electron chi connectivity index (χ3n) is 3.57. The van der Waals surface area contributed by atoms with Crippen molar-refractivity contribution in [2.75, 3.05) is 25.0 Å².